The largest absolute Gasteiger partial charge is 0.462 e. The van der Waals surface area contributed by atoms with Crippen LogP contribution < -0.4 is 0 Å². The minimum Gasteiger partial charge on any atom is -0.462 e. The standard InChI is InChI=1S/C16H15BrO4/c1-3-20-15(18)13-9-14(16(19)21-4-2)12-8-6-10(17)5-7-11(12)13/h5-9H,3-4H2,1-2H3. The van der Waals surface area contributed by atoms with E-state index in [-0.39, 0.29) is 13.2 Å². The van der Waals surface area contributed by atoms with E-state index in [1.165, 1.54) is 6.07 Å². The number of carbonyl (C=O) groups is 2. The smallest absolute Gasteiger partial charge is 0.338 e. The number of hydrogen-bond acceptors (Lipinski definition) is 4. The SMILES string of the molecule is CCOC(=O)c1cc(C(=O)OCC)c2ccc(Br)ccc1-2. The van der Waals surface area contributed by atoms with Gasteiger partial charge in [-0.2, -0.15) is 0 Å². The van der Waals surface area contributed by atoms with Crippen LogP contribution in [0.2, 0.25) is 0 Å². The Labute approximate surface area is 131 Å². The van der Waals surface area contributed by atoms with Gasteiger partial charge in [0.2, 0.25) is 0 Å². The molecule has 0 bridgehead atoms. The molecule has 0 aromatic carbocycles. The summed E-state index contributed by atoms with van der Waals surface area (Å²) < 4.78 is 10.9. The molecule has 0 fully saturated rings. The van der Waals surface area contributed by atoms with Gasteiger partial charge in [-0.1, -0.05) is 28.1 Å². The first-order valence-corrected chi connectivity index (χ1v) is 7.44. The Bertz CT molecular complexity index is 598. The lowest BCUT2D eigenvalue weighted by Gasteiger charge is -2.02. The molecule has 21 heavy (non-hydrogen) atoms. The summed E-state index contributed by atoms with van der Waals surface area (Å²) >= 11 is 3.38. The van der Waals surface area contributed by atoms with Crippen molar-refractivity contribution in [3.05, 3.63) is 45.9 Å². The topological polar surface area (TPSA) is 52.6 Å². The maximum atomic E-state index is 12.1. The molecule has 0 aromatic rings. The van der Waals surface area contributed by atoms with Crippen molar-refractivity contribution in [2.24, 2.45) is 0 Å². The van der Waals surface area contributed by atoms with Gasteiger partial charge in [0.1, 0.15) is 0 Å². The fraction of sp³-hybridized carbons (Fsp3) is 0.250. The van der Waals surface area contributed by atoms with Crippen LogP contribution in [0.3, 0.4) is 0 Å². The summed E-state index contributed by atoms with van der Waals surface area (Å²) in [7, 11) is 0. The predicted molar refractivity (Wildman–Crippen MR) is 82.7 cm³/mol. The number of fused-ring (bicyclic) bond motifs is 1. The van der Waals surface area contributed by atoms with Gasteiger partial charge in [0.05, 0.1) is 24.3 Å². The Kier molecular flexibility index (Phi) is 4.96. The van der Waals surface area contributed by atoms with Gasteiger partial charge >= 0.3 is 11.9 Å². The van der Waals surface area contributed by atoms with Gasteiger partial charge in [0.15, 0.2) is 0 Å². The van der Waals surface area contributed by atoms with Crippen LogP contribution in [0.15, 0.2) is 34.8 Å². The van der Waals surface area contributed by atoms with Crippen LogP contribution in [-0.4, -0.2) is 25.2 Å². The summed E-state index contributed by atoms with van der Waals surface area (Å²) in [6.45, 7) is 4.05. The molecule has 0 N–H and O–H groups in total. The molecular formula is C16H15BrO4. The van der Waals surface area contributed by atoms with Crippen molar-refractivity contribution < 1.29 is 19.1 Å². The van der Waals surface area contributed by atoms with E-state index in [1.807, 2.05) is 12.1 Å². The van der Waals surface area contributed by atoms with Crippen molar-refractivity contribution in [1.29, 1.82) is 0 Å². The van der Waals surface area contributed by atoms with E-state index >= 15 is 0 Å². The van der Waals surface area contributed by atoms with E-state index in [0.29, 0.717) is 22.3 Å². The first kappa shape index (κ1) is 15.5. The number of hydrogen-bond donors (Lipinski definition) is 0. The number of halogens is 1. The molecule has 0 heterocycles. The molecule has 2 aliphatic carbocycles. The van der Waals surface area contributed by atoms with Crippen LogP contribution in [0.25, 0.3) is 11.1 Å². The van der Waals surface area contributed by atoms with E-state index < -0.39 is 11.9 Å². The van der Waals surface area contributed by atoms with Crippen molar-refractivity contribution in [2.75, 3.05) is 13.2 Å². The lowest BCUT2D eigenvalue weighted by atomic mass is 10.1. The molecule has 2 rings (SSSR count). The van der Waals surface area contributed by atoms with Gasteiger partial charge in [-0.3, -0.25) is 0 Å². The molecule has 0 aliphatic heterocycles. The highest BCUT2D eigenvalue weighted by Crippen LogP contribution is 2.34. The molecule has 0 spiro atoms. The quantitative estimate of drug-likeness (QED) is 0.784. The zero-order valence-electron chi connectivity index (χ0n) is 11.8. The van der Waals surface area contributed by atoms with Gasteiger partial charge < -0.3 is 9.47 Å². The summed E-state index contributed by atoms with van der Waals surface area (Å²) in [6, 6.07) is 8.75. The van der Waals surface area contributed by atoms with Crippen molar-refractivity contribution >= 4 is 27.9 Å². The summed E-state index contributed by atoms with van der Waals surface area (Å²) in [5.74, 6) is -0.888. The number of esters is 2. The Hall–Kier alpha value is -1.88. The lowest BCUT2D eigenvalue weighted by Crippen LogP contribution is -2.05. The Morgan fingerprint density at radius 3 is 1.71 bits per heavy atom. The monoisotopic (exact) mass is 350 g/mol. The fourth-order valence-corrected chi connectivity index (χ4v) is 2.35. The third-order valence-corrected chi connectivity index (χ3v) is 3.50. The zero-order valence-corrected chi connectivity index (χ0v) is 13.4. The Morgan fingerprint density at radius 2 is 1.33 bits per heavy atom. The molecule has 0 amide bonds. The Balaban J connectivity index is 2.60. The maximum absolute atomic E-state index is 12.1. The highest BCUT2D eigenvalue weighted by Gasteiger charge is 2.25. The molecule has 0 saturated heterocycles. The third kappa shape index (κ3) is 3.24. The van der Waals surface area contributed by atoms with Crippen LogP contribution in [0.4, 0.5) is 0 Å². The molecule has 5 heteroatoms. The van der Waals surface area contributed by atoms with Crippen molar-refractivity contribution in [3.8, 4) is 11.1 Å². The maximum Gasteiger partial charge on any atom is 0.338 e. The highest BCUT2D eigenvalue weighted by molar-refractivity contribution is 9.10. The number of ether oxygens (including phenoxy) is 2. The second-order valence-corrected chi connectivity index (χ2v) is 5.21. The van der Waals surface area contributed by atoms with Gasteiger partial charge in [0.25, 0.3) is 0 Å². The van der Waals surface area contributed by atoms with Gasteiger partial charge in [-0.05, 0) is 43.2 Å². The highest BCUT2D eigenvalue weighted by atomic mass is 79.9. The molecule has 0 atom stereocenters. The van der Waals surface area contributed by atoms with E-state index in [2.05, 4.69) is 15.9 Å². The normalized spacial score (nSPS) is 10.4. The summed E-state index contributed by atoms with van der Waals surface area (Å²) in [5, 5.41) is 0. The van der Waals surface area contributed by atoms with Crippen LogP contribution >= 0.6 is 15.9 Å². The third-order valence-electron chi connectivity index (χ3n) is 2.97. The van der Waals surface area contributed by atoms with Crippen molar-refractivity contribution in [3.63, 3.8) is 0 Å². The molecule has 2 aliphatic rings. The average molecular weight is 351 g/mol. The molecule has 4 nitrogen and oxygen atoms in total. The van der Waals surface area contributed by atoms with E-state index in [1.54, 1.807) is 26.0 Å². The average Bonchev–Trinajstić information content (AvgIpc) is 2.71. The van der Waals surface area contributed by atoms with Crippen LogP contribution in [-0.2, 0) is 9.47 Å². The number of rotatable bonds is 4. The molecule has 0 saturated carbocycles. The van der Waals surface area contributed by atoms with Gasteiger partial charge in [0, 0.05) is 4.47 Å². The minimum atomic E-state index is -0.444. The molecule has 110 valence electrons. The summed E-state index contributed by atoms with van der Waals surface area (Å²) in [6.07, 6.45) is 0. The lowest BCUT2D eigenvalue weighted by molar-refractivity contribution is 0.0525. The first-order valence-electron chi connectivity index (χ1n) is 6.65. The van der Waals surface area contributed by atoms with Gasteiger partial charge in [-0.25, -0.2) is 9.59 Å². The van der Waals surface area contributed by atoms with Crippen LogP contribution in [0, 0.1) is 0 Å². The van der Waals surface area contributed by atoms with Crippen molar-refractivity contribution in [2.45, 2.75) is 13.8 Å². The first-order chi connectivity index (χ1) is 10.1. The van der Waals surface area contributed by atoms with E-state index in [0.717, 1.165) is 4.47 Å². The Morgan fingerprint density at radius 1 is 0.905 bits per heavy atom. The molecular weight excluding hydrogens is 336 g/mol. The zero-order chi connectivity index (χ0) is 15.4. The predicted octanol–water partition coefficient (Wildman–Crippen LogP) is 3.91. The second-order valence-electron chi connectivity index (χ2n) is 4.29. The number of carbonyl (C=O) groups excluding carboxylic acids is 2. The minimum absolute atomic E-state index is 0.281. The van der Waals surface area contributed by atoms with Gasteiger partial charge in [-0.15, -0.1) is 0 Å². The van der Waals surface area contributed by atoms with E-state index in [9.17, 15) is 9.59 Å². The second kappa shape index (κ2) is 6.72. The molecule has 0 aromatic heterocycles. The van der Waals surface area contributed by atoms with Crippen LogP contribution in [0.5, 0.6) is 0 Å². The summed E-state index contributed by atoms with van der Waals surface area (Å²) in [5.41, 5.74) is 2.08. The molecule has 0 unspecified atom stereocenters. The summed E-state index contributed by atoms with van der Waals surface area (Å²) in [4.78, 5) is 24.1. The van der Waals surface area contributed by atoms with E-state index in [4.69, 9.17) is 9.47 Å². The van der Waals surface area contributed by atoms with Crippen molar-refractivity contribution in [1.82, 2.24) is 0 Å². The van der Waals surface area contributed by atoms with Crippen LogP contribution in [0.1, 0.15) is 34.6 Å². The molecule has 0 radical (unpaired) electrons. The fourth-order valence-electron chi connectivity index (χ4n) is 2.09.